The van der Waals surface area contributed by atoms with Crippen LogP contribution in [-0.2, 0) is 23.0 Å². The van der Waals surface area contributed by atoms with Crippen LogP contribution in [0.5, 0.6) is 0 Å². The number of sulfonamides is 1. The van der Waals surface area contributed by atoms with Crippen molar-refractivity contribution in [3.05, 3.63) is 47.3 Å². The molecule has 30 heavy (non-hydrogen) atoms. The molecular formula is C21H32N6O2S. The zero-order valence-corrected chi connectivity index (χ0v) is 18.9. The molecule has 2 heterocycles. The average Bonchev–Trinajstić information content (AvgIpc) is 3.28. The Kier molecular flexibility index (Phi) is 7.36. The molecule has 0 atom stereocenters. The molecule has 9 heteroatoms. The van der Waals surface area contributed by atoms with Crippen LogP contribution in [0.2, 0.25) is 0 Å². The molecule has 1 aromatic carbocycles. The van der Waals surface area contributed by atoms with Gasteiger partial charge in [0.05, 0.1) is 17.1 Å². The Morgan fingerprint density at radius 3 is 2.77 bits per heavy atom. The van der Waals surface area contributed by atoms with E-state index >= 15 is 0 Å². The average molecular weight is 433 g/mol. The highest BCUT2D eigenvalue weighted by Gasteiger charge is 2.28. The zero-order chi connectivity index (χ0) is 21.6. The van der Waals surface area contributed by atoms with Gasteiger partial charge >= 0.3 is 0 Å². The number of para-hydroxylation sites is 1. The van der Waals surface area contributed by atoms with Gasteiger partial charge in [0.1, 0.15) is 0 Å². The van der Waals surface area contributed by atoms with E-state index in [0.29, 0.717) is 25.6 Å². The van der Waals surface area contributed by atoms with Crippen LogP contribution in [0.1, 0.15) is 30.3 Å². The van der Waals surface area contributed by atoms with Crippen molar-refractivity contribution in [1.82, 2.24) is 20.4 Å². The molecule has 8 nitrogen and oxygen atoms in total. The smallest absolute Gasteiger partial charge is 0.236 e. The summed E-state index contributed by atoms with van der Waals surface area (Å²) in [6.07, 6.45) is 1.63. The first-order valence-electron chi connectivity index (χ1n) is 10.5. The van der Waals surface area contributed by atoms with Crippen molar-refractivity contribution in [2.24, 2.45) is 4.99 Å². The standard InChI is InChI=1S/C21H32N6O2S/c1-4-22-21(23-11-7-13-26-18(3)16-17(2)25-26)24-12-15-30(28,29)27-14-10-19-8-5-6-9-20(19)27/h5-6,8-9,16H,4,7,10-15H2,1-3H3,(H2,22,23,24). The number of nitrogens with one attached hydrogen (secondary N) is 2. The molecule has 0 spiro atoms. The third-order valence-corrected chi connectivity index (χ3v) is 6.85. The fraction of sp³-hybridized carbons (Fsp3) is 0.524. The number of aromatic nitrogens is 2. The SMILES string of the molecule is CCNC(=NCCCn1nc(C)cc1C)NCCS(=O)(=O)N1CCc2ccccc21. The van der Waals surface area contributed by atoms with Crippen LogP contribution in [0, 0.1) is 13.8 Å². The number of aliphatic imine (C=N–C) groups is 1. The molecule has 0 amide bonds. The fourth-order valence-electron chi connectivity index (χ4n) is 3.66. The van der Waals surface area contributed by atoms with E-state index in [2.05, 4.69) is 26.8 Å². The normalized spacial score (nSPS) is 14.1. The topological polar surface area (TPSA) is 91.6 Å². The molecule has 0 fully saturated rings. The van der Waals surface area contributed by atoms with Crippen LogP contribution in [0.15, 0.2) is 35.3 Å². The summed E-state index contributed by atoms with van der Waals surface area (Å²) in [6, 6.07) is 9.76. The van der Waals surface area contributed by atoms with Gasteiger partial charge in [0.2, 0.25) is 10.0 Å². The Morgan fingerprint density at radius 1 is 1.23 bits per heavy atom. The van der Waals surface area contributed by atoms with Gasteiger partial charge in [0, 0.05) is 38.4 Å². The number of rotatable bonds is 9. The van der Waals surface area contributed by atoms with Crippen LogP contribution in [-0.4, -0.2) is 56.1 Å². The fourth-order valence-corrected chi connectivity index (χ4v) is 5.09. The third kappa shape index (κ3) is 5.53. The largest absolute Gasteiger partial charge is 0.357 e. The van der Waals surface area contributed by atoms with Gasteiger partial charge < -0.3 is 10.6 Å². The van der Waals surface area contributed by atoms with E-state index < -0.39 is 10.0 Å². The monoisotopic (exact) mass is 432 g/mol. The number of hydrogen-bond acceptors (Lipinski definition) is 4. The molecule has 0 aliphatic carbocycles. The second kappa shape index (κ2) is 9.97. The summed E-state index contributed by atoms with van der Waals surface area (Å²) in [7, 11) is -3.37. The number of benzene rings is 1. The number of anilines is 1. The summed E-state index contributed by atoms with van der Waals surface area (Å²) in [5, 5.41) is 10.8. The van der Waals surface area contributed by atoms with Crippen molar-refractivity contribution < 1.29 is 8.42 Å². The maximum atomic E-state index is 12.8. The van der Waals surface area contributed by atoms with E-state index in [0.717, 1.165) is 48.6 Å². The van der Waals surface area contributed by atoms with Gasteiger partial charge in [-0.05, 0) is 51.3 Å². The van der Waals surface area contributed by atoms with Crippen molar-refractivity contribution in [3.63, 3.8) is 0 Å². The van der Waals surface area contributed by atoms with Gasteiger partial charge in [-0.1, -0.05) is 18.2 Å². The molecule has 0 radical (unpaired) electrons. The Balaban J connectivity index is 1.49. The van der Waals surface area contributed by atoms with Crippen molar-refractivity contribution in [2.75, 3.05) is 36.2 Å². The summed E-state index contributed by atoms with van der Waals surface area (Å²) in [6.45, 7) is 9.02. The molecule has 0 saturated carbocycles. The van der Waals surface area contributed by atoms with E-state index in [-0.39, 0.29) is 5.75 Å². The molecule has 0 bridgehead atoms. The van der Waals surface area contributed by atoms with Crippen LogP contribution in [0.4, 0.5) is 5.69 Å². The second-order valence-electron chi connectivity index (χ2n) is 7.46. The van der Waals surface area contributed by atoms with E-state index in [9.17, 15) is 8.42 Å². The molecule has 0 saturated heterocycles. The van der Waals surface area contributed by atoms with Gasteiger partial charge in [0.25, 0.3) is 0 Å². The molecule has 2 N–H and O–H groups in total. The highest BCUT2D eigenvalue weighted by molar-refractivity contribution is 7.92. The first-order valence-corrected chi connectivity index (χ1v) is 12.1. The lowest BCUT2D eigenvalue weighted by molar-refractivity contribution is 0.567. The maximum Gasteiger partial charge on any atom is 0.236 e. The van der Waals surface area contributed by atoms with Gasteiger partial charge in [-0.15, -0.1) is 0 Å². The molecule has 1 aliphatic heterocycles. The highest BCUT2D eigenvalue weighted by Crippen LogP contribution is 2.29. The van der Waals surface area contributed by atoms with Crippen molar-refractivity contribution >= 4 is 21.7 Å². The van der Waals surface area contributed by atoms with Crippen LogP contribution in [0.3, 0.4) is 0 Å². The van der Waals surface area contributed by atoms with Crippen LogP contribution in [0.25, 0.3) is 0 Å². The minimum Gasteiger partial charge on any atom is -0.357 e. The summed E-state index contributed by atoms with van der Waals surface area (Å²) in [5.74, 6) is 0.667. The lowest BCUT2D eigenvalue weighted by Gasteiger charge is -2.20. The highest BCUT2D eigenvalue weighted by atomic mass is 32.2. The number of aryl methyl sites for hydroxylation is 3. The molecule has 164 valence electrons. The second-order valence-corrected chi connectivity index (χ2v) is 9.47. The van der Waals surface area contributed by atoms with Gasteiger partial charge in [-0.25, -0.2) is 8.42 Å². The molecule has 1 aromatic heterocycles. The molecule has 2 aromatic rings. The predicted molar refractivity (Wildman–Crippen MR) is 122 cm³/mol. The lowest BCUT2D eigenvalue weighted by Crippen LogP contribution is -2.42. The Morgan fingerprint density at radius 2 is 2.03 bits per heavy atom. The van der Waals surface area contributed by atoms with Gasteiger partial charge in [-0.3, -0.25) is 14.0 Å². The van der Waals surface area contributed by atoms with Crippen molar-refractivity contribution in [1.29, 1.82) is 0 Å². The molecule has 3 rings (SSSR count). The Bertz CT molecular complexity index is 983. The summed E-state index contributed by atoms with van der Waals surface area (Å²) in [5.41, 5.74) is 4.07. The molecule has 0 unspecified atom stereocenters. The lowest BCUT2D eigenvalue weighted by atomic mass is 10.2. The first-order chi connectivity index (χ1) is 14.4. The van der Waals surface area contributed by atoms with E-state index in [1.54, 1.807) is 0 Å². The Hall–Kier alpha value is -2.55. The summed E-state index contributed by atoms with van der Waals surface area (Å²) in [4.78, 5) is 4.56. The number of guanidine groups is 1. The minimum atomic E-state index is -3.37. The predicted octanol–water partition coefficient (Wildman–Crippen LogP) is 1.84. The number of hydrogen-bond donors (Lipinski definition) is 2. The number of fused-ring (bicyclic) bond motifs is 1. The quantitative estimate of drug-likeness (QED) is 0.358. The first kappa shape index (κ1) is 22.1. The summed E-state index contributed by atoms with van der Waals surface area (Å²) >= 11 is 0. The third-order valence-electron chi connectivity index (χ3n) is 5.08. The molecular weight excluding hydrogens is 400 g/mol. The zero-order valence-electron chi connectivity index (χ0n) is 18.1. The van der Waals surface area contributed by atoms with Crippen LogP contribution >= 0.6 is 0 Å². The van der Waals surface area contributed by atoms with Crippen molar-refractivity contribution in [2.45, 2.75) is 40.2 Å². The van der Waals surface area contributed by atoms with E-state index in [1.807, 2.05) is 49.7 Å². The molecule has 1 aliphatic rings. The number of nitrogens with zero attached hydrogens (tertiary/aromatic N) is 4. The summed E-state index contributed by atoms with van der Waals surface area (Å²) < 4.78 is 29.1. The minimum absolute atomic E-state index is 0.0253. The van der Waals surface area contributed by atoms with Gasteiger partial charge in [-0.2, -0.15) is 5.10 Å². The maximum absolute atomic E-state index is 12.8. The van der Waals surface area contributed by atoms with Crippen molar-refractivity contribution in [3.8, 4) is 0 Å². The van der Waals surface area contributed by atoms with Crippen LogP contribution < -0.4 is 14.9 Å². The van der Waals surface area contributed by atoms with E-state index in [1.165, 1.54) is 4.31 Å². The Labute approximate surface area is 179 Å². The van der Waals surface area contributed by atoms with E-state index in [4.69, 9.17) is 0 Å². The van der Waals surface area contributed by atoms with Gasteiger partial charge in [0.15, 0.2) is 5.96 Å².